The number of fused-ring (bicyclic) bond motifs is 1. The lowest BCUT2D eigenvalue weighted by Gasteiger charge is -2.33. The lowest BCUT2D eigenvalue weighted by molar-refractivity contribution is -0.120. The number of rotatable bonds is 8. The number of carbonyl (C=O) groups excluding carboxylic acids is 2. The number of carbonyl (C=O) groups is 2. The monoisotopic (exact) mass is 611 g/mol. The second kappa shape index (κ2) is 11.0. The molecule has 214 valence electrons. The summed E-state index contributed by atoms with van der Waals surface area (Å²) in [6.45, 7) is 3.13. The Morgan fingerprint density at radius 1 is 1.15 bits per heavy atom. The molecule has 0 spiro atoms. The minimum atomic E-state index is -3.94. The number of benzene rings is 3. The first-order valence-electron chi connectivity index (χ1n) is 13.6. The van der Waals surface area contributed by atoms with Gasteiger partial charge in [0.1, 0.15) is 10.3 Å². The lowest BCUT2D eigenvalue weighted by atomic mass is 10.0. The molecule has 1 aromatic heterocycles. The van der Waals surface area contributed by atoms with E-state index in [4.69, 9.17) is 16.3 Å². The SMILES string of the molecule is COCCCN1C(=O)c2cccc3c(NC(=O)C4CCCCN4S(=O)(=O)c4sc5ccc(Cl)cc5c4C)ccc1c23. The molecule has 6 rings (SSSR count). The molecule has 0 aliphatic carbocycles. The van der Waals surface area contributed by atoms with Crippen molar-refractivity contribution in [3.8, 4) is 0 Å². The number of ether oxygens (including phenoxy) is 1. The molecule has 0 saturated carbocycles. The Morgan fingerprint density at radius 3 is 2.78 bits per heavy atom. The van der Waals surface area contributed by atoms with Crippen LogP contribution >= 0.6 is 22.9 Å². The molecule has 1 atom stereocenters. The molecule has 1 N–H and O–H groups in total. The number of hydrogen-bond donors (Lipinski definition) is 1. The van der Waals surface area contributed by atoms with Gasteiger partial charge in [-0.25, -0.2) is 8.42 Å². The van der Waals surface area contributed by atoms with Crippen molar-refractivity contribution >= 4 is 77.0 Å². The molecule has 0 radical (unpaired) electrons. The van der Waals surface area contributed by atoms with Crippen LogP contribution in [0.5, 0.6) is 0 Å². The van der Waals surface area contributed by atoms with Gasteiger partial charge in [-0.05, 0) is 73.5 Å². The topological polar surface area (TPSA) is 96.0 Å². The van der Waals surface area contributed by atoms with Crippen LogP contribution in [0.4, 0.5) is 11.4 Å². The fraction of sp³-hybridized carbons (Fsp3) is 0.333. The zero-order valence-electron chi connectivity index (χ0n) is 22.8. The minimum Gasteiger partial charge on any atom is -0.385 e. The maximum absolute atomic E-state index is 14.0. The van der Waals surface area contributed by atoms with Crippen molar-refractivity contribution in [2.75, 3.05) is 37.0 Å². The number of anilines is 2. The second-order valence-electron chi connectivity index (χ2n) is 10.4. The Hall–Kier alpha value is -3.02. The number of thiophene rings is 1. The second-order valence-corrected chi connectivity index (χ2v) is 14.0. The zero-order valence-corrected chi connectivity index (χ0v) is 25.2. The van der Waals surface area contributed by atoms with Gasteiger partial charge in [0.05, 0.1) is 5.69 Å². The first-order chi connectivity index (χ1) is 19.7. The van der Waals surface area contributed by atoms with Crippen LogP contribution < -0.4 is 10.2 Å². The van der Waals surface area contributed by atoms with Crippen molar-refractivity contribution in [3.05, 3.63) is 64.7 Å². The largest absolute Gasteiger partial charge is 0.385 e. The molecule has 2 aliphatic rings. The summed E-state index contributed by atoms with van der Waals surface area (Å²) in [6.07, 6.45) is 2.56. The molecule has 1 unspecified atom stereocenters. The number of nitrogens with one attached hydrogen (secondary N) is 1. The van der Waals surface area contributed by atoms with E-state index in [-0.39, 0.29) is 22.6 Å². The highest BCUT2D eigenvalue weighted by atomic mass is 35.5. The van der Waals surface area contributed by atoms with Crippen LogP contribution in [0.3, 0.4) is 0 Å². The first-order valence-corrected chi connectivity index (χ1v) is 16.2. The summed E-state index contributed by atoms with van der Waals surface area (Å²) in [5.74, 6) is -0.452. The van der Waals surface area contributed by atoms with Gasteiger partial charge in [-0.3, -0.25) is 9.59 Å². The molecule has 11 heteroatoms. The van der Waals surface area contributed by atoms with Gasteiger partial charge in [-0.2, -0.15) is 4.31 Å². The van der Waals surface area contributed by atoms with Crippen LogP contribution in [-0.2, 0) is 19.6 Å². The highest BCUT2D eigenvalue weighted by Gasteiger charge is 2.40. The average molecular weight is 612 g/mol. The molecule has 1 saturated heterocycles. The third kappa shape index (κ3) is 4.81. The minimum absolute atomic E-state index is 0.0743. The van der Waals surface area contributed by atoms with E-state index < -0.39 is 16.1 Å². The summed E-state index contributed by atoms with van der Waals surface area (Å²) in [7, 11) is -2.31. The first kappa shape index (κ1) is 28.1. The maximum Gasteiger partial charge on any atom is 0.258 e. The highest BCUT2D eigenvalue weighted by Crippen LogP contribution is 2.42. The van der Waals surface area contributed by atoms with Gasteiger partial charge in [-0.15, -0.1) is 11.3 Å². The molecule has 3 heterocycles. The number of sulfonamides is 1. The molecule has 2 aliphatic heterocycles. The van der Waals surface area contributed by atoms with Crippen molar-refractivity contribution in [1.29, 1.82) is 0 Å². The maximum atomic E-state index is 14.0. The number of amides is 2. The van der Waals surface area contributed by atoms with Crippen LogP contribution in [0.25, 0.3) is 20.9 Å². The van der Waals surface area contributed by atoms with E-state index >= 15 is 0 Å². The molecular weight excluding hydrogens is 582 g/mol. The van der Waals surface area contributed by atoms with E-state index in [1.807, 2.05) is 24.3 Å². The van der Waals surface area contributed by atoms with E-state index in [1.165, 1.54) is 15.6 Å². The Kier molecular flexibility index (Phi) is 7.54. The number of nitrogens with zero attached hydrogens (tertiary/aromatic N) is 2. The Morgan fingerprint density at radius 2 is 1.98 bits per heavy atom. The van der Waals surface area contributed by atoms with Gasteiger partial charge >= 0.3 is 0 Å². The summed E-state index contributed by atoms with van der Waals surface area (Å²) in [6, 6.07) is 13.6. The van der Waals surface area contributed by atoms with E-state index in [0.29, 0.717) is 54.3 Å². The Balaban J connectivity index is 1.31. The van der Waals surface area contributed by atoms with Gasteiger partial charge < -0.3 is 15.0 Å². The highest BCUT2D eigenvalue weighted by molar-refractivity contribution is 7.91. The van der Waals surface area contributed by atoms with E-state index in [1.54, 1.807) is 43.2 Å². The predicted molar refractivity (Wildman–Crippen MR) is 164 cm³/mol. The van der Waals surface area contributed by atoms with Crippen LogP contribution in [0, 0.1) is 6.92 Å². The molecule has 3 aromatic carbocycles. The van der Waals surface area contributed by atoms with Gasteiger partial charge in [0.2, 0.25) is 5.91 Å². The number of methoxy groups -OCH3 is 1. The summed E-state index contributed by atoms with van der Waals surface area (Å²) in [4.78, 5) is 28.7. The van der Waals surface area contributed by atoms with E-state index in [2.05, 4.69) is 5.32 Å². The fourth-order valence-electron chi connectivity index (χ4n) is 5.94. The van der Waals surface area contributed by atoms with E-state index in [9.17, 15) is 18.0 Å². The summed E-state index contributed by atoms with van der Waals surface area (Å²) in [5.41, 5.74) is 2.59. The summed E-state index contributed by atoms with van der Waals surface area (Å²) < 4.78 is 35.6. The average Bonchev–Trinajstić information content (AvgIpc) is 3.45. The summed E-state index contributed by atoms with van der Waals surface area (Å²) in [5, 5.41) is 5.90. The predicted octanol–water partition coefficient (Wildman–Crippen LogP) is 6.19. The fourth-order valence-corrected chi connectivity index (χ4v) is 9.62. The van der Waals surface area contributed by atoms with Crippen LogP contribution in [0.2, 0.25) is 5.02 Å². The van der Waals surface area contributed by atoms with Crippen molar-refractivity contribution < 1.29 is 22.7 Å². The number of halogens is 1. The smallest absolute Gasteiger partial charge is 0.258 e. The van der Waals surface area contributed by atoms with Crippen LogP contribution in [0.15, 0.2) is 52.7 Å². The van der Waals surface area contributed by atoms with Crippen LogP contribution in [-0.4, -0.2) is 57.4 Å². The Labute approximate surface area is 247 Å². The van der Waals surface area contributed by atoms with Gasteiger partial charge in [0.25, 0.3) is 15.9 Å². The third-order valence-electron chi connectivity index (χ3n) is 7.93. The number of hydrogen-bond acceptors (Lipinski definition) is 6. The molecule has 4 aromatic rings. The molecule has 8 nitrogen and oxygen atoms in total. The van der Waals surface area contributed by atoms with Gasteiger partial charge in [-0.1, -0.05) is 30.2 Å². The zero-order chi connectivity index (χ0) is 28.9. The molecule has 2 amide bonds. The van der Waals surface area contributed by atoms with Crippen LogP contribution in [0.1, 0.15) is 41.6 Å². The quantitative estimate of drug-likeness (QED) is 0.240. The van der Waals surface area contributed by atoms with Crippen molar-refractivity contribution in [2.45, 2.75) is 42.9 Å². The van der Waals surface area contributed by atoms with Gasteiger partial charge in [0, 0.05) is 58.6 Å². The number of aryl methyl sites for hydroxylation is 1. The normalized spacial score (nSPS) is 17.6. The van der Waals surface area contributed by atoms with Crippen molar-refractivity contribution in [2.24, 2.45) is 0 Å². The molecule has 41 heavy (non-hydrogen) atoms. The van der Waals surface area contributed by atoms with Gasteiger partial charge in [0.15, 0.2) is 0 Å². The third-order valence-corrected chi connectivity index (χ3v) is 11.9. The Bertz CT molecular complexity index is 1800. The number of piperidine rings is 1. The summed E-state index contributed by atoms with van der Waals surface area (Å²) >= 11 is 7.39. The van der Waals surface area contributed by atoms with Crippen molar-refractivity contribution in [1.82, 2.24) is 4.31 Å². The molecule has 1 fully saturated rings. The molecular formula is C30H30ClN3O5S2. The lowest BCUT2D eigenvalue weighted by Crippen LogP contribution is -2.49. The van der Waals surface area contributed by atoms with E-state index in [0.717, 1.165) is 33.0 Å². The van der Waals surface area contributed by atoms with Crippen molar-refractivity contribution in [3.63, 3.8) is 0 Å². The standard InChI is InChI=1S/C30H30ClN3O5S2/c1-18-22-17-19(31)10-13-26(22)40-30(18)41(37,38)34-15-4-3-9-25(34)28(35)32-23-11-12-24-27-20(23)7-5-8-21(27)29(36)33(24)14-6-16-39-2/h5,7-8,10-13,17,25H,3-4,6,9,14-16H2,1-2H3,(H,32,35). The molecule has 0 bridgehead atoms.